The van der Waals surface area contributed by atoms with Gasteiger partial charge in [-0.05, 0) is 31.5 Å². The van der Waals surface area contributed by atoms with Gasteiger partial charge in [-0.25, -0.2) is 4.79 Å². The summed E-state index contributed by atoms with van der Waals surface area (Å²) in [4.78, 5) is 36.2. The van der Waals surface area contributed by atoms with Crippen LogP contribution in [-0.4, -0.2) is 24.4 Å². The van der Waals surface area contributed by atoms with Crippen molar-refractivity contribution in [1.82, 2.24) is 5.32 Å². The molecule has 8 heteroatoms. The maximum absolute atomic E-state index is 12.5. The molecule has 0 aromatic heterocycles. The number of hydrogen-bond donors (Lipinski definition) is 2. The van der Waals surface area contributed by atoms with Crippen LogP contribution in [0.3, 0.4) is 0 Å². The van der Waals surface area contributed by atoms with Gasteiger partial charge in [0.05, 0.1) is 23.7 Å². The van der Waals surface area contributed by atoms with Crippen molar-refractivity contribution in [3.63, 3.8) is 0 Å². The van der Waals surface area contributed by atoms with Crippen LogP contribution in [0.2, 0.25) is 0 Å². The van der Waals surface area contributed by atoms with Gasteiger partial charge in [-0.3, -0.25) is 14.9 Å². The Morgan fingerprint density at radius 3 is 2.54 bits per heavy atom. The maximum atomic E-state index is 12.5. The van der Waals surface area contributed by atoms with Gasteiger partial charge in [-0.1, -0.05) is 28.1 Å². The summed E-state index contributed by atoms with van der Waals surface area (Å²) >= 11 is 3.38. The van der Waals surface area contributed by atoms with E-state index in [9.17, 15) is 14.4 Å². The summed E-state index contributed by atoms with van der Waals surface area (Å²) in [5.74, 6) is -2.55. The normalized spacial score (nSPS) is 16.8. The number of hydrogen-bond acceptors (Lipinski definition) is 5. The predicted molar refractivity (Wildman–Crippen MR) is 97.3 cm³/mol. The van der Waals surface area contributed by atoms with Gasteiger partial charge < -0.3 is 15.2 Å². The van der Waals surface area contributed by atoms with E-state index in [2.05, 4.69) is 21.2 Å². The van der Waals surface area contributed by atoms with Crippen molar-refractivity contribution >= 4 is 33.7 Å². The van der Waals surface area contributed by atoms with E-state index < -0.39 is 23.7 Å². The van der Waals surface area contributed by atoms with Gasteiger partial charge in [-0.2, -0.15) is 0 Å². The Bertz CT molecular complexity index is 829. The zero-order valence-electron chi connectivity index (χ0n) is 14.6. The third-order valence-corrected chi connectivity index (χ3v) is 4.18. The molecule has 26 heavy (non-hydrogen) atoms. The van der Waals surface area contributed by atoms with Crippen molar-refractivity contribution in [2.24, 2.45) is 5.73 Å². The summed E-state index contributed by atoms with van der Waals surface area (Å²) < 4.78 is 11.4. The molecule has 0 radical (unpaired) electrons. The number of benzene rings is 1. The Hall–Kier alpha value is -2.61. The van der Waals surface area contributed by atoms with Gasteiger partial charge in [0.25, 0.3) is 5.91 Å². The SMILES string of the molecule is CCOC(=O)C1=C(C)OC(NC(C)=O)=C(C(N)=O)C1c1cccc(Br)c1. The number of carbonyl (C=O) groups is 3. The summed E-state index contributed by atoms with van der Waals surface area (Å²) in [6.45, 7) is 4.69. The summed E-state index contributed by atoms with van der Waals surface area (Å²) in [7, 11) is 0. The standard InChI is InChI=1S/C18H19BrN2O5/c1-4-25-18(24)13-9(2)26-17(21-10(3)22)15(16(20)23)14(13)11-6-5-7-12(19)8-11/h5-8,14H,4H2,1-3H3,(H2,20,23)(H,21,22). The van der Waals surface area contributed by atoms with Crippen molar-refractivity contribution in [3.8, 4) is 0 Å². The zero-order valence-corrected chi connectivity index (χ0v) is 16.2. The first-order chi connectivity index (χ1) is 12.3. The minimum absolute atomic E-state index is 0.0213. The van der Waals surface area contributed by atoms with Gasteiger partial charge >= 0.3 is 5.97 Å². The lowest BCUT2D eigenvalue weighted by Crippen LogP contribution is -2.35. The number of rotatable bonds is 5. The lowest BCUT2D eigenvalue weighted by atomic mass is 9.82. The molecule has 138 valence electrons. The van der Waals surface area contributed by atoms with Crippen molar-refractivity contribution in [2.75, 3.05) is 6.61 Å². The van der Waals surface area contributed by atoms with Crippen LogP contribution in [0.4, 0.5) is 0 Å². The number of ether oxygens (including phenoxy) is 2. The Labute approximate surface area is 159 Å². The summed E-state index contributed by atoms with van der Waals surface area (Å²) in [6.07, 6.45) is 0. The summed E-state index contributed by atoms with van der Waals surface area (Å²) in [6, 6.07) is 7.09. The van der Waals surface area contributed by atoms with E-state index in [0.29, 0.717) is 5.56 Å². The number of halogens is 1. The number of primary amides is 1. The van der Waals surface area contributed by atoms with Crippen LogP contribution in [0.15, 0.2) is 51.5 Å². The van der Waals surface area contributed by atoms with Gasteiger partial charge in [0.15, 0.2) is 0 Å². The monoisotopic (exact) mass is 422 g/mol. The molecule has 0 spiro atoms. The van der Waals surface area contributed by atoms with E-state index in [-0.39, 0.29) is 29.4 Å². The van der Waals surface area contributed by atoms with Gasteiger partial charge in [0.1, 0.15) is 5.76 Å². The Balaban J connectivity index is 2.71. The molecule has 0 saturated heterocycles. The highest BCUT2D eigenvalue weighted by Crippen LogP contribution is 2.40. The summed E-state index contributed by atoms with van der Waals surface area (Å²) in [5, 5.41) is 2.47. The average molecular weight is 423 g/mol. The molecule has 0 fully saturated rings. The van der Waals surface area contributed by atoms with E-state index in [1.54, 1.807) is 32.0 Å². The molecule has 1 aliphatic heterocycles. The molecule has 0 bridgehead atoms. The largest absolute Gasteiger partial charge is 0.463 e. The maximum Gasteiger partial charge on any atom is 0.338 e. The average Bonchev–Trinajstić information content (AvgIpc) is 2.53. The predicted octanol–water partition coefficient (Wildman–Crippen LogP) is 2.23. The molecule has 1 atom stereocenters. The quantitative estimate of drug-likeness (QED) is 0.707. The number of nitrogens with one attached hydrogen (secondary N) is 1. The molecule has 7 nitrogen and oxygen atoms in total. The molecule has 1 unspecified atom stereocenters. The molecule has 2 amide bonds. The van der Waals surface area contributed by atoms with Crippen molar-refractivity contribution in [3.05, 3.63) is 57.1 Å². The topological polar surface area (TPSA) is 108 Å². The molecule has 2 rings (SSSR count). The van der Waals surface area contributed by atoms with Crippen molar-refractivity contribution in [2.45, 2.75) is 26.7 Å². The van der Waals surface area contributed by atoms with E-state index in [0.717, 1.165) is 4.47 Å². The number of nitrogens with two attached hydrogens (primary N) is 1. The minimum atomic E-state index is -0.834. The lowest BCUT2D eigenvalue weighted by Gasteiger charge is -2.29. The Morgan fingerprint density at radius 1 is 1.31 bits per heavy atom. The fourth-order valence-corrected chi connectivity index (χ4v) is 3.16. The highest BCUT2D eigenvalue weighted by Gasteiger charge is 2.39. The van der Waals surface area contributed by atoms with E-state index in [1.165, 1.54) is 6.92 Å². The van der Waals surface area contributed by atoms with Crippen LogP contribution in [0.5, 0.6) is 0 Å². The second-order valence-corrected chi connectivity index (χ2v) is 6.48. The van der Waals surface area contributed by atoms with Crippen molar-refractivity contribution < 1.29 is 23.9 Å². The molecule has 3 N–H and O–H groups in total. The highest BCUT2D eigenvalue weighted by atomic mass is 79.9. The second kappa shape index (κ2) is 8.18. The third kappa shape index (κ3) is 4.13. The molecule has 1 heterocycles. The highest BCUT2D eigenvalue weighted by molar-refractivity contribution is 9.10. The minimum Gasteiger partial charge on any atom is -0.463 e. The first-order valence-corrected chi connectivity index (χ1v) is 8.68. The smallest absolute Gasteiger partial charge is 0.338 e. The van der Waals surface area contributed by atoms with Crippen LogP contribution in [0.1, 0.15) is 32.3 Å². The van der Waals surface area contributed by atoms with Crippen LogP contribution in [-0.2, 0) is 23.9 Å². The number of amides is 2. The van der Waals surface area contributed by atoms with E-state index >= 15 is 0 Å². The molecular formula is C18H19BrN2O5. The fourth-order valence-electron chi connectivity index (χ4n) is 2.74. The molecule has 1 aromatic carbocycles. The first kappa shape index (κ1) is 19.7. The second-order valence-electron chi connectivity index (χ2n) is 5.57. The fraction of sp³-hybridized carbons (Fsp3) is 0.278. The molecule has 1 aliphatic rings. The number of esters is 1. The van der Waals surface area contributed by atoms with Crippen LogP contribution >= 0.6 is 15.9 Å². The Kier molecular flexibility index (Phi) is 6.20. The van der Waals surface area contributed by atoms with Gasteiger partial charge in [-0.15, -0.1) is 0 Å². The lowest BCUT2D eigenvalue weighted by molar-refractivity contribution is -0.139. The van der Waals surface area contributed by atoms with Crippen LogP contribution in [0.25, 0.3) is 0 Å². The molecule has 0 saturated carbocycles. The van der Waals surface area contributed by atoms with E-state index in [4.69, 9.17) is 15.2 Å². The zero-order chi connectivity index (χ0) is 19.4. The third-order valence-electron chi connectivity index (χ3n) is 3.69. The van der Waals surface area contributed by atoms with Gasteiger partial charge in [0, 0.05) is 11.4 Å². The molecular weight excluding hydrogens is 404 g/mol. The summed E-state index contributed by atoms with van der Waals surface area (Å²) in [5.41, 5.74) is 6.33. The van der Waals surface area contributed by atoms with Crippen LogP contribution in [0, 0.1) is 0 Å². The van der Waals surface area contributed by atoms with Crippen molar-refractivity contribution in [1.29, 1.82) is 0 Å². The molecule has 0 aliphatic carbocycles. The first-order valence-electron chi connectivity index (χ1n) is 7.89. The number of allylic oxidation sites excluding steroid dienone is 1. The van der Waals surface area contributed by atoms with E-state index in [1.807, 2.05) is 6.07 Å². The molecule has 1 aromatic rings. The Morgan fingerprint density at radius 2 is 2.00 bits per heavy atom. The van der Waals surface area contributed by atoms with Crippen LogP contribution < -0.4 is 11.1 Å². The number of carbonyl (C=O) groups excluding carboxylic acids is 3. The van der Waals surface area contributed by atoms with Gasteiger partial charge in [0.2, 0.25) is 11.8 Å².